The molecule has 0 saturated carbocycles. The van der Waals surface area contributed by atoms with Gasteiger partial charge in [0.15, 0.2) is 0 Å². The zero-order chi connectivity index (χ0) is 4.24. The second-order valence-corrected chi connectivity index (χ2v) is 0.894. The van der Waals surface area contributed by atoms with Crippen LogP contribution in [0.15, 0.2) is 24.8 Å². The molecule has 1 aromatic heterocycles. The summed E-state index contributed by atoms with van der Waals surface area (Å²) in [6.07, 6.45) is 6.56. The molecule has 0 saturated heterocycles. The first kappa shape index (κ1) is 7.08. The normalized spacial score (nSPS) is 6.86. The third kappa shape index (κ3) is 2.74. The predicted molar refractivity (Wildman–Crippen MR) is 29.2 cm³/mol. The van der Waals surface area contributed by atoms with Gasteiger partial charge >= 0.3 is 29.6 Å². The van der Waals surface area contributed by atoms with Crippen LogP contribution in [0.4, 0.5) is 0 Å². The molecule has 0 aliphatic rings. The van der Waals surface area contributed by atoms with Crippen LogP contribution in [0.2, 0.25) is 0 Å². The van der Waals surface area contributed by atoms with Crippen molar-refractivity contribution in [1.82, 2.24) is 9.97 Å². The Morgan fingerprint density at radius 3 is 1.14 bits per heavy atom. The Kier molecular flexibility index (Phi) is 4.29. The molecule has 32 valence electrons. The van der Waals surface area contributed by atoms with Crippen LogP contribution >= 0.6 is 0 Å². The van der Waals surface area contributed by atoms with Crippen molar-refractivity contribution in [3.63, 3.8) is 0 Å². The fourth-order valence-electron chi connectivity index (χ4n) is 0.253. The summed E-state index contributed by atoms with van der Waals surface area (Å²) < 4.78 is 0. The number of hydrogen-bond acceptors (Lipinski definition) is 2. The topological polar surface area (TPSA) is 25.8 Å². The van der Waals surface area contributed by atoms with E-state index < -0.39 is 0 Å². The molecule has 0 N–H and O–H groups in total. The first-order valence-corrected chi connectivity index (χ1v) is 1.70. The molecule has 0 aromatic carbocycles. The van der Waals surface area contributed by atoms with Crippen molar-refractivity contribution in [2.24, 2.45) is 0 Å². The maximum Gasteiger partial charge on any atom is 0.0451 e. The standard InChI is InChI=1S/C4H4N2.Na.H/c1-2-6-4-3-5-1;;/h1-4H;;. The third-order valence-corrected chi connectivity index (χ3v) is 0.478. The molecule has 2 nitrogen and oxygen atoms in total. The largest absolute Gasteiger partial charge is 0.262 e. The van der Waals surface area contributed by atoms with Crippen molar-refractivity contribution >= 4 is 29.6 Å². The zero-order valence-electron chi connectivity index (χ0n) is 3.20. The van der Waals surface area contributed by atoms with E-state index in [4.69, 9.17) is 0 Å². The van der Waals surface area contributed by atoms with Crippen LogP contribution in [0.3, 0.4) is 0 Å². The monoisotopic (exact) mass is 104 g/mol. The molecule has 0 atom stereocenters. The van der Waals surface area contributed by atoms with Crippen LogP contribution < -0.4 is 0 Å². The molecule has 0 unspecified atom stereocenters. The molecular weight excluding hydrogens is 99.0 g/mol. The van der Waals surface area contributed by atoms with Crippen molar-refractivity contribution in [2.45, 2.75) is 0 Å². The van der Waals surface area contributed by atoms with Crippen molar-refractivity contribution in [2.75, 3.05) is 0 Å². The van der Waals surface area contributed by atoms with E-state index in [1.807, 2.05) is 0 Å². The van der Waals surface area contributed by atoms with Gasteiger partial charge in [-0.25, -0.2) is 0 Å². The van der Waals surface area contributed by atoms with E-state index in [1.54, 1.807) is 24.8 Å². The molecule has 0 radical (unpaired) electrons. The summed E-state index contributed by atoms with van der Waals surface area (Å²) in [4.78, 5) is 7.44. The van der Waals surface area contributed by atoms with E-state index in [0.717, 1.165) is 0 Å². The summed E-state index contributed by atoms with van der Waals surface area (Å²) in [7, 11) is 0. The van der Waals surface area contributed by atoms with E-state index in [-0.39, 0.29) is 29.6 Å². The van der Waals surface area contributed by atoms with Crippen LogP contribution in [-0.2, 0) is 0 Å². The minimum atomic E-state index is 0. The van der Waals surface area contributed by atoms with Gasteiger partial charge in [0.25, 0.3) is 0 Å². The minimum Gasteiger partial charge on any atom is -0.262 e. The fourth-order valence-corrected chi connectivity index (χ4v) is 0.253. The number of rotatable bonds is 0. The Morgan fingerprint density at radius 1 is 0.714 bits per heavy atom. The van der Waals surface area contributed by atoms with E-state index in [1.165, 1.54) is 0 Å². The second kappa shape index (κ2) is 4.24. The van der Waals surface area contributed by atoms with Crippen molar-refractivity contribution < 1.29 is 0 Å². The Morgan fingerprint density at radius 2 is 1.00 bits per heavy atom. The van der Waals surface area contributed by atoms with Gasteiger partial charge < -0.3 is 0 Å². The van der Waals surface area contributed by atoms with Gasteiger partial charge in [-0.3, -0.25) is 9.97 Å². The van der Waals surface area contributed by atoms with Crippen LogP contribution in [-0.4, -0.2) is 39.5 Å². The number of hydrogen-bond donors (Lipinski definition) is 0. The molecule has 0 spiro atoms. The van der Waals surface area contributed by atoms with Gasteiger partial charge in [0.2, 0.25) is 0 Å². The molecule has 1 aromatic rings. The molecule has 0 amide bonds. The molecule has 0 aliphatic carbocycles. The van der Waals surface area contributed by atoms with Crippen molar-refractivity contribution in [3.05, 3.63) is 24.8 Å². The molecule has 1 rings (SSSR count). The van der Waals surface area contributed by atoms with Gasteiger partial charge in [0.1, 0.15) is 0 Å². The smallest absolute Gasteiger partial charge is 0.0451 e. The molecule has 0 bridgehead atoms. The molecule has 0 fully saturated rings. The number of aromatic nitrogens is 2. The summed E-state index contributed by atoms with van der Waals surface area (Å²) in [5, 5.41) is 0. The van der Waals surface area contributed by atoms with Crippen molar-refractivity contribution in [3.8, 4) is 0 Å². The Labute approximate surface area is 64.3 Å². The molecule has 3 heteroatoms. The minimum absolute atomic E-state index is 0. The molecular formula is C4H5N2Na. The quantitative estimate of drug-likeness (QED) is 0.427. The van der Waals surface area contributed by atoms with Gasteiger partial charge in [-0.05, 0) is 0 Å². The van der Waals surface area contributed by atoms with E-state index in [0.29, 0.717) is 0 Å². The van der Waals surface area contributed by atoms with E-state index in [2.05, 4.69) is 9.97 Å². The first-order chi connectivity index (χ1) is 3.00. The summed E-state index contributed by atoms with van der Waals surface area (Å²) >= 11 is 0. The number of nitrogens with zero attached hydrogens (tertiary/aromatic N) is 2. The van der Waals surface area contributed by atoms with Crippen LogP contribution in [0.25, 0.3) is 0 Å². The van der Waals surface area contributed by atoms with E-state index in [9.17, 15) is 0 Å². The molecule has 0 aliphatic heterocycles. The second-order valence-electron chi connectivity index (χ2n) is 0.894. The van der Waals surface area contributed by atoms with Gasteiger partial charge in [-0.1, -0.05) is 0 Å². The molecule has 1 heterocycles. The summed E-state index contributed by atoms with van der Waals surface area (Å²) in [6, 6.07) is 0. The first-order valence-electron chi connectivity index (χ1n) is 1.70. The summed E-state index contributed by atoms with van der Waals surface area (Å²) in [5.74, 6) is 0. The SMILES string of the molecule is [NaH].c1cnccn1. The van der Waals surface area contributed by atoms with Gasteiger partial charge in [-0.2, -0.15) is 0 Å². The zero-order valence-corrected chi connectivity index (χ0v) is 3.20. The fraction of sp³-hybridized carbons (Fsp3) is 0. The van der Waals surface area contributed by atoms with Gasteiger partial charge in [0, 0.05) is 24.8 Å². The van der Waals surface area contributed by atoms with E-state index >= 15 is 0 Å². The maximum atomic E-state index is 3.72. The average Bonchev–Trinajstić information content (AvgIpc) is 1.72. The van der Waals surface area contributed by atoms with Crippen molar-refractivity contribution in [1.29, 1.82) is 0 Å². The average molecular weight is 104 g/mol. The Balaban J connectivity index is 0.000000360. The molecule has 7 heavy (non-hydrogen) atoms. The third-order valence-electron chi connectivity index (χ3n) is 0.478. The summed E-state index contributed by atoms with van der Waals surface area (Å²) in [5.41, 5.74) is 0. The predicted octanol–water partition coefficient (Wildman–Crippen LogP) is -0.172. The van der Waals surface area contributed by atoms with Gasteiger partial charge in [0.05, 0.1) is 0 Å². The summed E-state index contributed by atoms with van der Waals surface area (Å²) in [6.45, 7) is 0. The maximum absolute atomic E-state index is 3.72. The van der Waals surface area contributed by atoms with Crippen LogP contribution in [0.1, 0.15) is 0 Å². The van der Waals surface area contributed by atoms with Crippen LogP contribution in [0, 0.1) is 0 Å². The Bertz CT molecular complexity index is 81.6. The Hall–Kier alpha value is 0.0800. The van der Waals surface area contributed by atoms with Gasteiger partial charge in [-0.15, -0.1) is 0 Å². The van der Waals surface area contributed by atoms with Crippen LogP contribution in [0.5, 0.6) is 0 Å².